The van der Waals surface area contributed by atoms with Crippen molar-refractivity contribution < 1.29 is 13.5 Å². The fraction of sp³-hybridized carbons (Fsp3) is 0.533. The van der Waals surface area contributed by atoms with Gasteiger partial charge in [0, 0.05) is 25.6 Å². The van der Waals surface area contributed by atoms with Crippen molar-refractivity contribution in [3.05, 3.63) is 18.2 Å². The maximum Gasteiger partial charge on any atom is 0.256 e. The van der Waals surface area contributed by atoms with E-state index in [1.165, 1.54) is 0 Å². The number of alkyl halides is 2. The summed E-state index contributed by atoms with van der Waals surface area (Å²) in [6.07, 6.45) is 1.49. The minimum absolute atomic E-state index is 0.0369. The number of halogens is 2. The van der Waals surface area contributed by atoms with Crippen LogP contribution >= 0.6 is 11.3 Å². The molecule has 112 valence electrons. The molecule has 1 aromatic carbocycles. The molecule has 0 radical (unpaired) electrons. The highest BCUT2D eigenvalue weighted by atomic mass is 32.1. The lowest BCUT2D eigenvalue weighted by Gasteiger charge is -2.32. The van der Waals surface area contributed by atoms with E-state index >= 15 is 0 Å². The van der Waals surface area contributed by atoms with Gasteiger partial charge in [0.15, 0.2) is 5.13 Å². The van der Waals surface area contributed by atoms with Gasteiger partial charge >= 0.3 is 0 Å². The van der Waals surface area contributed by atoms with Crippen LogP contribution in [-0.4, -0.2) is 31.1 Å². The van der Waals surface area contributed by atoms with Gasteiger partial charge in [-0.25, -0.2) is 13.8 Å². The topological polar surface area (TPSA) is 25.4 Å². The average molecular weight is 310 g/mol. The lowest BCUT2D eigenvalue weighted by Crippen LogP contribution is -2.39. The van der Waals surface area contributed by atoms with Crippen LogP contribution in [0.4, 0.5) is 13.9 Å². The van der Waals surface area contributed by atoms with E-state index in [1.54, 1.807) is 18.4 Å². The maximum atomic E-state index is 13.6. The highest BCUT2D eigenvalue weighted by molar-refractivity contribution is 7.22. The minimum atomic E-state index is -2.48. The third-order valence-electron chi connectivity index (χ3n) is 4.64. The molecule has 1 saturated carbocycles. The van der Waals surface area contributed by atoms with Crippen molar-refractivity contribution in [1.82, 2.24) is 4.98 Å². The molecule has 6 heteroatoms. The Labute approximate surface area is 125 Å². The molecule has 4 rings (SSSR count). The summed E-state index contributed by atoms with van der Waals surface area (Å²) in [5, 5.41) is 0.847. The first-order valence-corrected chi connectivity index (χ1v) is 7.92. The Hall–Kier alpha value is -1.43. The van der Waals surface area contributed by atoms with Crippen molar-refractivity contribution in [1.29, 1.82) is 0 Å². The van der Waals surface area contributed by atoms with Crippen molar-refractivity contribution in [2.75, 3.05) is 25.1 Å². The van der Waals surface area contributed by atoms with Crippen molar-refractivity contribution in [3.63, 3.8) is 0 Å². The highest BCUT2D eigenvalue weighted by Crippen LogP contribution is 2.64. The normalized spacial score (nSPS) is 27.3. The molecular formula is C15H16F2N2OS. The van der Waals surface area contributed by atoms with Gasteiger partial charge < -0.3 is 9.64 Å². The number of hydrogen-bond donors (Lipinski definition) is 0. The number of nitrogens with zero attached hydrogens (tertiary/aromatic N) is 2. The molecule has 2 fully saturated rings. The molecule has 1 atom stereocenters. The van der Waals surface area contributed by atoms with Gasteiger partial charge in [-0.05, 0) is 25.0 Å². The number of ether oxygens (including phenoxy) is 1. The van der Waals surface area contributed by atoms with Gasteiger partial charge in [-0.1, -0.05) is 11.3 Å². The predicted molar refractivity (Wildman–Crippen MR) is 79.6 cm³/mol. The van der Waals surface area contributed by atoms with Gasteiger partial charge in [0.2, 0.25) is 0 Å². The summed E-state index contributed by atoms with van der Waals surface area (Å²) in [6.45, 7) is 1.24. The number of hydrogen-bond acceptors (Lipinski definition) is 4. The van der Waals surface area contributed by atoms with Gasteiger partial charge in [0.05, 0.1) is 22.7 Å². The molecule has 0 N–H and O–H groups in total. The third-order valence-corrected chi connectivity index (χ3v) is 5.74. The average Bonchev–Trinajstić information content (AvgIpc) is 2.85. The summed E-state index contributed by atoms with van der Waals surface area (Å²) in [5.41, 5.74) is 0.0809. The second-order valence-electron chi connectivity index (χ2n) is 6.02. The van der Waals surface area contributed by atoms with Crippen LogP contribution in [0.5, 0.6) is 5.75 Å². The lowest BCUT2D eigenvalue weighted by molar-refractivity contribution is 0.0575. The summed E-state index contributed by atoms with van der Waals surface area (Å²) >= 11 is 1.57. The number of fused-ring (bicyclic) bond motifs is 1. The highest BCUT2D eigenvalue weighted by Gasteiger charge is 2.71. The van der Waals surface area contributed by atoms with Crippen LogP contribution in [0.2, 0.25) is 0 Å². The Kier molecular flexibility index (Phi) is 2.70. The SMILES string of the molecule is COc1ccc2sc(N3CCCC4(C3)CC4(F)F)nc2c1. The van der Waals surface area contributed by atoms with Crippen LogP contribution in [0.15, 0.2) is 18.2 Å². The van der Waals surface area contributed by atoms with Gasteiger partial charge in [-0.3, -0.25) is 0 Å². The first-order chi connectivity index (χ1) is 10.0. The van der Waals surface area contributed by atoms with Crippen LogP contribution in [0.3, 0.4) is 0 Å². The molecule has 0 amide bonds. The molecule has 21 heavy (non-hydrogen) atoms. The molecule has 1 aliphatic heterocycles. The van der Waals surface area contributed by atoms with Gasteiger partial charge in [0.1, 0.15) is 5.75 Å². The largest absolute Gasteiger partial charge is 0.497 e. The van der Waals surface area contributed by atoms with Gasteiger partial charge in [-0.15, -0.1) is 0 Å². The molecule has 1 saturated heterocycles. The number of rotatable bonds is 2. The van der Waals surface area contributed by atoms with Crippen LogP contribution < -0.4 is 9.64 Å². The fourth-order valence-corrected chi connectivity index (χ4v) is 4.25. The zero-order valence-corrected chi connectivity index (χ0v) is 12.6. The Bertz CT molecular complexity index is 702. The fourth-order valence-electron chi connectivity index (χ4n) is 3.28. The molecule has 1 aliphatic carbocycles. The van der Waals surface area contributed by atoms with E-state index in [1.807, 2.05) is 23.1 Å². The number of benzene rings is 1. The second-order valence-corrected chi connectivity index (χ2v) is 7.03. The Balaban J connectivity index is 1.64. The molecule has 0 bridgehead atoms. The van der Waals surface area contributed by atoms with Crippen LogP contribution in [0.1, 0.15) is 19.3 Å². The molecule has 2 aliphatic rings. The van der Waals surface area contributed by atoms with E-state index in [9.17, 15) is 8.78 Å². The molecule has 3 nitrogen and oxygen atoms in total. The zero-order valence-electron chi connectivity index (χ0n) is 11.7. The summed E-state index contributed by atoms with van der Waals surface area (Å²) in [7, 11) is 1.62. The number of piperidine rings is 1. The van der Waals surface area contributed by atoms with E-state index in [0.29, 0.717) is 13.0 Å². The zero-order chi connectivity index (χ0) is 14.7. The lowest BCUT2D eigenvalue weighted by atomic mass is 9.95. The predicted octanol–water partition coefficient (Wildman–Crippen LogP) is 3.93. The first-order valence-electron chi connectivity index (χ1n) is 7.10. The monoisotopic (exact) mass is 310 g/mol. The summed E-state index contributed by atoms with van der Waals surface area (Å²) in [6, 6.07) is 5.76. The number of aromatic nitrogens is 1. The van der Waals surface area contributed by atoms with E-state index < -0.39 is 11.3 Å². The summed E-state index contributed by atoms with van der Waals surface area (Å²) in [4.78, 5) is 6.63. The quantitative estimate of drug-likeness (QED) is 0.840. The number of thiazole rings is 1. The third kappa shape index (κ3) is 1.99. The molecule has 2 aromatic rings. The Morgan fingerprint density at radius 2 is 2.19 bits per heavy atom. The number of anilines is 1. The minimum Gasteiger partial charge on any atom is -0.497 e. The van der Waals surface area contributed by atoms with Gasteiger partial charge in [-0.2, -0.15) is 0 Å². The summed E-state index contributed by atoms with van der Waals surface area (Å²) in [5.74, 6) is -1.71. The van der Waals surface area contributed by atoms with E-state index in [4.69, 9.17) is 4.74 Å². The molecule has 1 unspecified atom stereocenters. The van der Waals surface area contributed by atoms with E-state index in [2.05, 4.69) is 4.98 Å². The maximum absolute atomic E-state index is 13.6. The van der Waals surface area contributed by atoms with Crippen molar-refractivity contribution >= 4 is 26.7 Å². The van der Waals surface area contributed by atoms with Crippen LogP contribution in [0, 0.1) is 5.41 Å². The molecule has 2 heterocycles. The van der Waals surface area contributed by atoms with E-state index in [-0.39, 0.29) is 6.42 Å². The standard InChI is InChI=1S/C15H16F2N2OS/c1-20-10-3-4-12-11(7-10)18-13(21-12)19-6-2-5-14(9-19)8-15(14,16)17/h3-4,7H,2,5-6,8-9H2,1H3. The molecule has 1 aromatic heterocycles. The van der Waals surface area contributed by atoms with Crippen molar-refractivity contribution in [2.45, 2.75) is 25.2 Å². The van der Waals surface area contributed by atoms with Crippen LogP contribution in [-0.2, 0) is 0 Å². The van der Waals surface area contributed by atoms with Crippen molar-refractivity contribution in [3.8, 4) is 5.75 Å². The molecule has 1 spiro atoms. The second kappa shape index (κ2) is 4.29. The van der Waals surface area contributed by atoms with Crippen molar-refractivity contribution in [2.24, 2.45) is 5.41 Å². The summed E-state index contributed by atoms with van der Waals surface area (Å²) < 4.78 is 33.5. The smallest absolute Gasteiger partial charge is 0.256 e. The Morgan fingerprint density at radius 1 is 1.38 bits per heavy atom. The van der Waals surface area contributed by atoms with Crippen LogP contribution in [0.25, 0.3) is 10.2 Å². The Morgan fingerprint density at radius 3 is 2.90 bits per heavy atom. The van der Waals surface area contributed by atoms with E-state index in [0.717, 1.165) is 34.1 Å². The number of methoxy groups -OCH3 is 1. The first kappa shape index (κ1) is 13.2. The molecular weight excluding hydrogens is 294 g/mol. The van der Waals surface area contributed by atoms with Gasteiger partial charge in [0.25, 0.3) is 5.92 Å².